The van der Waals surface area contributed by atoms with Crippen LogP contribution in [-0.2, 0) is 0 Å². The summed E-state index contributed by atoms with van der Waals surface area (Å²) < 4.78 is 16.0. The van der Waals surface area contributed by atoms with Crippen molar-refractivity contribution in [3.63, 3.8) is 0 Å². The maximum absolute atomic E-state index is 13.8. The molecule has 21 heavy (non-hydrogen) atoms. The van der Waals surface area contributed by atoms with Gasteiger partial charge in [-0.3, -0.25) is 4.79 Å². The summed E-state index contributed by atoms with van der Waals surface area (Å²) in [5.74, 6) is -0.917. The third-order valence-electron chi connectivity index (χ3n) is 2.64. The predicted molar refractivity (Wildman–Crippen MR) is 79.1 cm³/mol. The number of halogens is 2. The second-order valence-electron chi connectivity index (χ2n) is 4.01. The van der Waals surface area contributed by atoms with Crippen LogP contribution in [0.3, 0.4) is 0 Å². The van der Waals surface area contributed by atoms with E-state index in [0.717, 1.165) is 3.79 Å². The van der Waals surface area contributed by atoms with Crippen LogP contribution in [0.2, 0.25) is 0 Å². The van der Waals surface area contributed by atoms with Crippen LogP contribution in [0.25, 0.3) is 5.69 Å². The van der Waals surface area contributed by atoms with E-state index >= 15 is 0 Å². The van der Waals surface area contributed by atoms with Gasteiger partial charge in [-0.2, -0.15) is 0 Å². The number of aromatic nitrogens is 4. The number of nitrogens with zero attached hydrogens (tertiary/aromatic N) is 4. The molecule has 0 aliphatic heterocycles. The van der Waals surface area contributed by atoms with E-state index in [1.807, 2.05) is 0 Å². The van der Waals surface area contributed by atoms with Crippen molar-refractivity contribution in [2.75, 3.05) is 5.32 Å². The quantitative estimate of drug-likeness (QED) is 0.772. The molecular weight excluding hydrogens is 361 g/mol. The Morgan fingerprint density at radius 3 is 2.90 bits per heavy atom. The van der Waals surface area contributed by atoms with Crippen LogP contribution >= 0.6 is 27.3 Å². The Kier molecular flexibility index (Phi) is 3.76. The average Bonchev–Trinajstić information content (AvgIpc) is 3.12. The lowest BCUT2D eigenvalue weighted by atomic mass is 10.2. The fourth-order valence-electron chi connectivity index (χ4n) is 1.65. The number of carbonyl (C=O) groups excluding carboxylic acids is 1. The van der Waals surface area contributed by atoms with E-state index in [1.165, 1.54) is 40.5 Å². The highest BCUT2D eigenvalue weighted by molar-refractivity contribution is 9.11. The van der Waals surface area contributed by atoms with Crippen LogP contribution < -0.4 is 5.32 Å². The van der Waals surface area contributed by atoms with E-state index < -0.39 is 5.82 Å². The van der Waals surface area contributed by atoms with Crippen LogP contribution in [0.4, 0.5) is 10.1 Å². The minimum atomic E-state index is -0.533. The zero-order valence-electron chi connectivity index (χ0n) is 10.3. The first-order valence-corrected chi connectivity index (χ1v) is 7.39. The summed E-state index contributed by atoms with van der Waals surface area (Å²) >= 11 is 4.66. The van der Waals surface area contributed by atoms with Crippen LogP contribution in [0, 0.1) is 5.82 Å². The predicted octanol–water partition coefficient (Wildman–Crippen LogP) is 2.88. The number of thiophene rings is 1. The van der Waals surface area contributed by atoms with E-state index in [0.29, 0.717) is 11.3 Å². The Morgan fingerprint density at radius 1 is 1.38 bits per heavy atom. The Labute approximate surface area is 130 Å². The summed E-state index contributed by atoms with van der Waals surface area (Å²) in [5, 5.41) is 14.9. The molecule has 0 unspecified atom stereocenters. The third kappa shape index (κ3) is 2.98. The maximum Gasteiger partial charge on any atom is 0.256 e. The molecule has 1 aromatic carbocycles. The van der Waals surface area contributed by atoms with E-state index in [-0.39, 0.29) is 11.6 Å². The molecule has 0 saturated carbocycles. The highest BCUT2D eigenvalue weighted by Crippen LogP contribution is 2.23. The molecule has 0 aliphatic carbocycles. The Morgan fingerprint density at radius 2 is 2.24 bits per heavy atom. The molecule has 0 bridgehead atoms. The van der Waals surface area contributed by atoms with Crippen molar-refractivity contribution in [1.29, 1.82) is 0 Å². The van der Waals surface area contributed by atoms with Gasteiger partial charge in [-0.15, -0.1) is 16.4 Å². The third-order valence-corrected chi connectivity index (χ3v) is 4.15. The highest BCUT2D eigenvalue weighted by atomic mass is 79.9. The lowest BCUT2D eigenvalue weighted by Crippen LogP contribution is -2.12. The van der Waals surface area contributed by atoms with Gasteiger partial charge < -0.3 is 5.32 Å². The first-order valence-electron chi connectivity index (χ1n) is 5.72. The lowest BCUT2D eigenvalue weighted by molar-refractivity contribution is 0.102. The monoisotopic (exact) mass is 367 g/mol. The Hall–Kier alpha value is -2.13. The van der Waals surface area contributed by atoms with Gasteiger partial charge in [0.1, 0.15) is 12.1 Å². The molecule has 0 radical (unpaired) electrons. The lowest BCUT2D eigenvalue weighted by Gasteiger charge is -2.07. The van der Waals surface area contributed by atoms with Gasteiger partial charge >= 0.3 is 0 Å². The Balaban J connectivity index is 1.88. The van der Waals surface area contributed by atoms with Crippen LogP contribution in [0.15, 0.2) is 39.8 Å². The van der Waals surface area contributed by atoms with Crippen LogP contribution in [0.1, 0.15) is 10.4 Å². The number of amides is 1. The summed E-state index contributed by atoms with van der Waals surface area (Å²) in [7, 11) is 0. The average molecular weight is 368 g/mol. The molecule has 2 aromatic heterocycles. The van der Waals surface area contributed by atoms with Gasteiger partial charge in [0, 0.05) is 5.38 Å². The molecule has 1 amide bonds. The molecule has 106 valence electrons. The van der Waals surface area contributed by atoms with Gasteiger partial charge in [0.15, 0.2) is 0 Å². The number of anilines is 1. The number of hydrogen-bond donors (Lipinski definition) is 1. The largest absolute Gasteiger partial charge is 0.319 e. The maximum atomic E-state index is 13.8. The fourth-order valence-corrected chi connectivity index (χ4v) is 2.79. The number of benzene rings is 1. The van der Waals surface area contributed by atoms with Gasteiger partial charge in [-0.1, -0.05) is 0 Å². The van der Waals surface area contributed by atoms with E-state index in [2.05, 4.69) is 36.8 Å². The van der Waals surface area contributed by atoms with Crippen molar-refractivity contribution >= 4 is 38.9 Å². The number of nitrogens with one attached hydrogen (secondary N) is 1. The molecular formula is C12H7BrFN5OS. The van der Waals surface area contributed by atoms with E-state index in [9.17, 15) is 9.18 Å². The fraction of sp³-hybridized carbons (Fsp3) is 0. The molecule has 0 saturated heterocycles. The van der Waals surface area contributed by atoms with Crippen molar-refractivity contribution in [3.05, 3.63) is 51.1 Å². The highest BCUT2D eigenvalue weighted by Gasteiger charge is 2.12. The van der Waals surface area contributed by atoms with E-state index in [1.54, 1.807) is 11.4 Å². The van der Waals surface area contributed by atoms with Crippen molar-refractivity contribution in [1.82, 2.24) is 20.2 Å². The second-order valence-corrected chi connectivity index (χ2v) is 6.30. The van der Waals surface area contributed by atoms with E-state index in [4.69, 9.17) is 0 Å². The molecule has 3 rings (SSSR count). The molecule has 3 aromatic rings. The van der Waals surface area contributed by atoms with Crippen molar-refractivity contribution in [2.45, 2.75) is 0 Å². The van der Waals surface area contributed by atoms with Crippen molar-refractivity contribution < 1.29 is 9.18 Å². The number of rotatable bonds is 3. The molecule has 0 spiro atoms. The van der Waals surface area contributed by atoms with Gasteiger partial charge in [-0.25, -0.2) is 9.07 Å². The number of carbonyl (C=O) groups is 1. The molecule has 0 aliphatic rings. The second kappa shape index (κ2) is 5.70. The van der Waals surface area contributed by atoms with Crippen molar-refractivity contribution in [3.8, 4) is 5.69 Å². The minimum absolute atomic E-state index is 0.0651. The SMILES string of the molecule is O=C(Nc1cc(-n2cnnn2)ccc1F)c1csc(Br)c1. The van der Waals surface area contributed by atoms with Crippen molar-refractivity contribution in [2.24, 2.45) is 0 Å². The van der Waals surface area contributed by atoms with Crippen LogP contribution in [0.5, 0.6) is 0 Å². The van der Waals surface area contributed by atoms with Gasteiger partial charge in [0.2, 0.25) is 0 Å². The van der Waals surface area contributed by atoms with Gasteiger partial charge in [0.25, 0.3) is 5.91 Å². The van der Waals surface area contributed by atoms with Gasteiger partial charge in [-0.05, 0) is 50.6 Å². The zero-order valence-corrected chi connectivity index (χ0v) is 12.7. The first kappa shape index (κ1) is 13.8. The number of tetrazole rings is 1. The topological polar surface area (TPSA) is 72.7 Å². The standard InChI is InChI=1S/C12H7BrFN5OS/c13-11-3-7(5-21-11)12(20)16-10-4-8(1-2-9(10)14)19-6-15-17-18-19/h1-6H,(H,16,20). The Bertz CT molecular complexity index is 789. The summed E-state index contributed by atoms with van der Waals surface area (Å²) in [6.07, 6.45) is 1.38. The molecule has 0 atom stereocenters. The summed E-state index contributed by atoms with van der Waals surface area (Å²) in [6, 6.07) is 5.90. The minimum Gasteiger partial charge on any atom is -0.319 e. The number of hydrogen-bond acceptors (Lipinski definition) is 5. The summed E-state index contributed by atoms with van der Waals surface area (Å²) in [6.45, 7) is 0. The molecule has 1 N–H and O–H groups in total. The molecule has 9 heteroatoms. The smallest absolute Gasteiger partial charge is 0.256 e. The normalized spacial score (nSPS) is 10.6. The molecule has 0 fully saturated rings. The zero-order chi connectivity index (χ0) is 14.8. The molecule has 6 nitrogen and oxygen atoms in total. The first-order chi connectivity index (χ1) is 10.1. The van der Waals surface area contributed by atoms with Crippen LogP contribution in [-0.4, -0.2) is 26.1 Å². The molecule has 2 heterocycles. The summed E-state index contributed by atoms with van der Waals surface area (Å²) in [4.78, 5) is 12.0. The summed E-state index contributed by atoms with van der Waals surface area (Å²) in [5.41, 5.74) is 1.07. The van der Waals surface area contributed by atoms with Gasteiger partial charge in [0.05, 0.1) is 20.7 Å².